The maximum atomic E-state index is 13.5. The van der Waals surface area contributed by atoms with Gasteiger partial charge in [-0.3, -0.25) is 19.2 Å². The summed E-state index contributed by atoms with van der Waals surface area (Å²) in [4.78, 5) is 93.0. The highest BCUT2D eigenvalue weighted by atomic mass is 16.7. The summed E-state index contributed by atoms with van der Waals surface area (Å²) in [5.41, 5.74) is 15.9. The highest BCUT2D eigenvalue weighted by Crippen LogP contribution is 2.30. The van der Waals surface area contributed by atoms with Crippen LogP contribution in [0.1, 0.15) is 87.1 Å². The van der Waals surface area contributed by atoms with Crippen LogP contribution in [0.15, 0.2) is 89.9 Å². The number of aliphatic hydroxyl groups excluding tert-OH is 3. The lowest BCUT2D eigenvalue weighted by Crippen LogP contribution is -2.61. The SMILES string of the molecule is NCCCCCC(=O)NCCNC(=O)c1cc(COC(=O)NCc2ccc(COc3ccc(NC(=O)NCc4ccc5c(c4)CN(C4CCC(=O)N=C4N)C5=O)cc3)cc2)ccc1OC1OC(C(=O)O)[C@@H](O)C(O)C1O. The van der Waals surface area contributed by atoms with Gasteiger partial charge in [-0.15, -0.1) is 0 Å². The Morgan fingerprint density at radius 3 is 2.21 bits per heavy atom. The van der Waals surface area contributed by atoms with Crippen LogP contribution in [0.3, 0.4) is 0 Å². The molecule has 4 aromatic rings. The van der Waals surface area contributed by atoms with E-state index in [-0.39, 0.29) is 80.7 Å². The second-order valence-corrected chi connectivity index (χ2v) is 18.2. The number of fused-ring (bicyclic) bond motifs is 1. The first-order valence-corrected chi connectivity index (χ1v) is 24.6. The standard InChI is InChI=1S/C52H61N9O15/c53-19-3-1-2-4-40(62)55-20-21-56-47(67)37-23-32(10-17-39(37)75-50-44(66)42(64)43(65)45(76-50)49(69)70)28-74-52(72)58-24-29-5-7-30(8-6-29)27-73-35-13-11-34(12-14-35)59-51(71)57-25-31-9-15-36-33(22-31)26-61(48(36)68)38-16-18-41(63)60-46(38)54/h5-15,17,22-23,38,42-45,50,64-66H,1-4,16,18-21,24-28,53H2,(H,55,62)(H,56,67)(H,58,72)(H,69,70)(H2,54,60,63)(H2,57,59,71)/t38?,42?,43-,44?,45?,50?/m0/s1. The van der Waals surface area contributed by atoms with Crippen LogP contribution in [0.5, 0.6) is 11.5 Å². The zero-order valence-corrected chi connectivity index (χ0v) is 41.3. The van der Waals surface area contributed by atoms with Gasteiger partial charge in [-0.05, 0) is 96.1 Å². The van der Waals surface area contributed by atoms with Crippen LogP contribution >= 0.6 is 0 Å². The van der Waals surface area contributed by atoms with Crippen LogP contribution in [-0.2, 0) is 56.7 Å². The van der Waals surface area contributed by atoms with E-state index in [4.69, 9.17) is 30.4 Å². The van der Waals surface area contributed by atoms with Gasteiger partial charge in [-0.2, -0.15) is 4.99 Å². The third-order valence-electron chi connectivity index (χ3n) is 12.6. The second kappa shape index (κ2) is 26.4. The van der Waals surface area contributed by atoms with Gasteiger partial charge in [0.1, 0.15) is 48.9 Å². The van der Waals surface area contributed by atoms with Crippen molar-refractivity contribution in [3.8, 4) is 11.5 Å². The molecule has 0 aromatic heterocycles. The van der Waals surface area contributed by atoms with E-state index >= 15 is 0 Å². The minimum Gasteiger partial charge on any atom is -0.489 e. The van der Waals surface area contributed by atoms with Gasteiger partial charge in [-0.25, -0.2) is 14.4 Å². The normalized spacial score (nSPS) is 19.9. The number of alkyl carbamates (subject to hydrolysis) is 1. The molecule has 4 aromatic carbocycles. The van der Waals surface area contributed by atoms with E-state index in [0.29, 0.717) is 54.9 Å². The second-order valence-electron chi connectivity index (χ2n) is 18.2. The zero-order valence-electron chi connectivity index (χ0n) is 41.3. The number of carboxylic acids is 1. The van der Waals surface area contributed by atoms with Gasteiger partial charge in [0.05, 0.1) is 11.6 Å². The van der Waals surface area contributed by atoms with Gasteiger partial charge >= 0.3 is 18.1 Å². The molecular formula is C52H61N9O15. The Kier molecular flexibility index (Phi) is 19.3. The van der Waals surface area contributed by atoms with Gasteiger partial charge in [0.15, 0.2) is 6.10 Å². The third kappa shape index (κ3) is 15.0. The van der Waals surface area contributed by atoms with E-state index in [1.165, 1.54) is 18.2 Å². The van der Waals surface area contributed by atoms with E-state index in [1.54, 1.807) is 53.4 Å². The molecule has 24 nitrogen and oxygen atoms in total. The minimum absolute atomic E-state index is 0.00292. The molecule has 6 atom stereocenters. The first kappa shape index (κ1) is 55.6. The summed E-state index contributed by atoms with van der Waals surface area (Å²) in [6.45, 7) is 1.21. The molecule has 76 heavy (non-hydrogen) atoms. The fourth-order valence-corrected chi connectivity index (χ4v) is 8.43. The molecule has 7 amide bonds. The molecule has 1 fully saturated rings. The van der Waals surface area contributed by atoms with Gasteiger partial charge in [0.25, 0.3) is 11.8 Å². The number of hydrogen-bond acceptors (Lipinski definition) is 16. The van der Waals surface area contributed by atoms with Gasteiger partial charge in [-0.1, -0.05) is 48.9 Å². The molecule has 1 saturated heterocycles. The van der Waals surface area contributed by atoms with Crippen molar-refractivity contribution >= 4 is 53.2 Å². The number of benzene rings is 4. The number of carboxylic acid groups (broad SMARTS) is 1. The summed E-state index contributed by atoms with van der Waals surface area (Å²) < 4.78 is 22.3. The summed E-state index contributed by atoms with van der Waals surface area (Å²) in [5, 5.41) is 54.0. The van der Waals surface area contributed by atoms with E-state index < -0.39 is 60.7 Å². The van der Waals surface area contributed by atoms with Crippen molar-refractivity contribution < 1.29 is 72.9 Å². The molecule has 0 bridgehead atoms. The Labute approximate surface area is 436 Å². The predicted molar refractivity (Wildman–Crippen MR) is 270 cm³/mol. The number of unbranched alkanes of at least 4 members (excludes halogenated alkanes) is 2. The molecule has 24 heteroatoms. The number of nitrogens with one attached hydrogen (secondary N) is 5. The van der Waals surface area contributed by atoms with E-state index in [2.05, 4.69) is 31.6 Å². The topological polar surface area (TPSA) is 365 Å². The number of amides is 7. The summed E-state index contributed by atoms with van der Waals surface area (Å²) >= 11 is 0. The Morgan fingerprint density at radius 2 is 1.47 bits per heavy atom. The van der Waals surface area contributed by atoms with E-state index in [9.17, 15) is 54.0 Å². The van der Waals surface area contributed by atoms with E-state index in [0.717, 1.165) is 35.1 Å². The van der Waals surface area contributed by atoms with Crippen molar-refractivity contribution in [1.82, 2.24) is 26.2 Å². The van der Waals surface area contributed by atoms with Gasteiger partial charge in [0.2, 0.25) is 18.1 Å². The van der Waals surface area contributed by atoms with Crippen molar-refractivity contribution in [1.29, 1.82) is 0 Å². The van der Waals surface area contributed by atoms with E-state index in [1.807, 2.05) is 18.2 Å². The Bertz CT molecular complexity index is 2780. The number of aliphatic hydroxyl groups is 3. The van der Waals surface area contributed by atoms with Crippen molar-refractivity contribution in [3.63, 3.8) is 0 Å². The van der Waals surface area contributed by atoms with Crippen molar-refractivity contribution in [2.45, 2.75) is 108 Å². The van der Waals surface area contributed by atoms with Gasteiger partial charge < -0.3 is 82.3 Å². The van der Waals surface area contributed by atoms with Crippen LogP contribution in [-0.4, -0.2) is 129 Å². The van der Waals surface area contributed by atoms with Gasteiger partial charge in [0, 0.05) is 56.8 Å². The van der Waals surface area contributed by atoms with Crippen LogP contribution in [0.25, 0.3) is 0 Å². The van der Waals surface area contributed by atoms with Crippen molar-refractivity contribution in [2.75, 3.05) is 25.0 Å². The average molecular weight is 1050 g/mol. The monoisotopic (exact) mass is 1050 g/mol. The molecule has 0 saturated carbocycles. The number of nitrogens with zero attached hydrogens (tertiary/aromatic N) is 2. The lowest BCUT2D eigenvalue weighted by molar-refractivity contribution is -0.271. The van der Waals surface area contributed by atoms with Crippen LogP contribution < -0.4 is 47.5 Å². The molecule has 13 N–H and O–H groups in total. The summed E-state index contributed by atoms with van der Waals surface area (Å²) in [6, 6.07) is 22.7. The molecule has 0 spiro atoms. The number of anilines is 1. The summed E-state index contributed by atoms with van der Waals surface area (Å²) in [6.07, 6.45) is -7.15. The third-order valence-corrected chi connectivity index (χ3v) is 12.6. The number of hydrogen-bond donors (Lipinski definition) is 11. The number of urea groups is 1. The van der Waals surface area contributed by atoms with Crippen LogP contribution in [0, 0.1) is 0 Å². The quantitative estimate of drug-likeness (QED) is 0.0471. The van der Waals surface area contributed by atoms with Crippen LogP contribution in [0.2, 0.25) is 0 Å². The highest BCUT2D eigenvalue weighted by molar-refractivity contribution is 6.05. The summed E-state index contributed by atoms with van der Waals surface area (Å²) in [7, 11) is 0. The molecule has 7 rings (SSSR count). The molecule has 3 heterocycles. The lowest BCUT2D eigenvalue weighted by atomic mass is 9.99. The number of rotatable bonds is 23. The van der Waals surface area contributed by atoms with Crippen molar-refractivity contribution in [3.05, 3.63) is 124 Å². The largest absolute Gasteiger partial charge is 0.489 e. The fraction of sp³-hybridized carbons (Fsp3) is 0.385. The maximum Gasteiger partial charge on any atom is 0.407 e. The number of amidine groups is 1. The lowest BCUT2D eigenvalue weighted by Gasteiger charge is -2.38. The first-order valence-electron chi connectivity index (χ1n) is 24.6. The molecule has 5 unspecified atom stereocenters. The highest BCUT2D eigenvalue weighted by Gasteiger charge is 2.48. The molecule has 404 valence electrons. The molecule has 0 radical (unpaired) electrons. The minimum atomic E-state index is -1.97. The number of aliphatic carboxylic acids is 1. The predicted octanol–water partition coefficient (Wildman–Crippen LogP) is 1.65. The molecule has 3 aliphatic rings. The number of carbonyl (C=O) groups excluding carboxylic acids is 6. The number of ether oxygens (including phenoxy) is 4. The molecular weight excluding hydrogens is 991 g/mol. The zero-order chi connectivity index (χ0) is 54.3. The summed E-state index contributed by atoms with van der Waals surface area (Å²) in [5.74, 6) is -2.51. The fourth-order valence-electron chi connectivity index (χ4n) is 8.43. The van der Waals surface area contributed by atoms with Crippen molar-refractivity contribution in [2.24, 2.45) is 16.5 Å². The Morgan fingerprint density at radius 1 is 0.763 bits per heavy atom. The smallest absolute Gasteiger partial charge is 0.407 e. The average Bonchev–Trinajstić information content (AvgIpc) is 3.73. The molecule has 0 aliphatic carbocycles. The number of nitrogens with two attached hydrogens (primary N) is 2. The number of carbonyl (C=O) groups is 7. The van der Waals surface area contributed by atoms with Crippen LogP contribution in [0.4, 0.5) is 15.3 Å². The Hall–Kier alpha value is -8.16. The maximum absolute atomic E-state index is 13.5. The molecule has 3 aliphatic heterocycles. The Balaban J connectivity index is 0.840. The number of aliphatic imine (C=N–C) groups is 1. The first-order chi connectivity index (χ1) is 36.6.